The molecule has 1 saturated heterocycles. The predicted molar refractivity (Wildman–Crippen MR) is 116 cm³/mol. The fourth-order valence-corrected chi connectivity index (χ4v) is 3.82. The Hall–Kier alpha value is -2.50. The second kappa shape index (κ2) is 10.3. The van der Waals surface area contributed by atoms with Crippen molar-refractivity contribution in [2.75, 3.05) is 39.9 Å². The lowest BCUT2D eigenvalue weighted by atomic mass is 10.1. The first kappa shape index (κ1) is 21.2. The third kappa shape index (κ3) is 5.75. The van der Waals surface area contributed by atoms with E-state index in [0.29, 0.717) is 23.1 Å². The van der Waals surface area contributed by atoms with Crippen molar-refractivity contribution in [2.24, 2.45) is 0 Å². The molecule has 1 aliphatic rings. The Morgan fingerprint density at radius 3 is 2.59 bits per heavy atom. The Balaban J connectivity index is 1.57. The van der Waals surface area contributed by atoms with Gasteiger partial charge in [0.25, 0.3) is 0 Å². The zero-order valence-electron chi connectivity index (χ0n) is 17.0. The molecule has 2 aromatic carbocycles. The van der Waals surface area contributed by atoms with Gasteiger partial charge in [0, 0.05) is 11.6 Å². The molecule has 0 unspecified atom stereocenters. The van der Waals surface area contributed by atoms with Gasteiger partial charge in [-0.25, -0.2) is 0 Å². The van der Waals surface area contributed by atoms with Crippen molar-refractivity contribution in [2.45, 2.75) is 13.5 Å². The highest BCUT2D eigenvalue weighted by Crippen LogP contribution is 2.36. The van der Waals surface area contributed by atoms with Gasteiger partial charge in [-0.2, -0.15) is 0 Å². The molecule has 29 heavy (non-hydrogen) atoms. The Morgan fingerprint density at radius 1 is 1.21 bits per heavy atom. The SMILES string of the molecule is CCOc1cc(/C=C/C(=O)N2CC[NH+](Cc3ccccc3)CC2)cc(Cl)c1OC. The fourth-order valence-electron chi connectivity index (χ4n) is 3.52. The van der Waals surface area contributed by atoms with Crippen molar-refractivity contribution in [3.8, 4) is 11.5 Å². The van der Waals surface area contributed by atoms with Crippen molar-refractivity contribution < 1.29 is 19.2 Å². The molecule has 6 heteroatoms. The van der Waals surface area contributed by atoms with Crippen molar-refractivity contribution >= 4 is 23.6 Å². The van der Waals surface area contributed by atoms with Crippen LogP contribution in [-0.4, -0.2) is 50.7 Å². The molecule has 1 fully saturated rings. The summed E-state index contributed by atoms with van der Waals surface area (Å²) in [5.41, 5.74) is 2.14. The maximum Gasteiger partial charge on any atom is 0.246 e. The number of carbonyl (C=O) groups is 1. The molecule has 3 rings (SSSR count). The fraction of sp³-hybridized carbons (Fsp3) is 0.348. The second-order valence-electron chi connectivity index (χ2n) is 7.04. The van der Waals surface area contributed by atoms with Crippen molar-refractivity contribution in [3.05, 3.63) is 64.7 Å². The molecule has 0 aliphatic carbocycles. The molecule has 0 spiro atoms. The van der Waals surface area contributed by atoms with Gasteiger partial charge in [-0.15, -0.1) is 0 Å². The van der Waals surface area contributed by atoms with Gasteiger partial charge < -0.3 is 19.3 Å². The van der Waals surface area contributed by atoms with Crippen LogP contribution in [0.4, 0.5) is 0 Å². The van der Waals surface area contributed by atoms with Gasteiger partial charge in [0.05, 0.1) is 44.9 Å². The van der Waals surface area contributed by atoms with Crippen molar-refractivity contribution in [3.63, 3.8) is 0 Å². The molecule has 1 N–H and O–H groups in total. The average molecular weight is 416 g/mol. The molecule has 0 aromatic heterocycles. The lowest BCUT2D eigenvalue weighted by molar-refractivity contribution is -0.917. The highest BCUT2D eigenvalue weighted by atomic mass is 35.5. The van der Waals surface area contributed by atoms with E-state index in [2.05, 4.69) is 24.3 Å². The molecular weight excluding hydrogens is 388 g/mol. The number of hydrogen-bond acceptors (Lipinski definition) is 3. The smallest absolute Gasteiger partial charge is 0.246 e. The number of nitrogens with zero attached hydrogens (tertiary/aromatic N) is 1. The first-order valence-corrected chi connectivity index (χ1v) is 10.3. The highest BCUT2D eigenvalue weighted by Gasteiger charge is 2.22. The Labute approximate surface area is 177 Å². The molecule has 5 nitrogen and oxygen atoms in total. The number of piperazine rings is 1. The first-order chi connectivity index (χ1) is 14.1. The van der Waals surface area contributed by atoms with Gasteiger partial charge in [0.2, 0.25) is 5.91 Å². The van der Waals surface area contributed by atoms with E-state index in [9.17, 15) is 4.79 Å². The van der Waals surface area contributed by atoms with Crippen LogP contribution in [-0.2, 0) is 11.3 Å². The molecule has 0 radical (unpaired) electrons. The zero-order chi connectivity index (χ0) is 20.6. The van der Waals surface area contributed by atoms with Gasteiger partial charge in [0.1, 0.15) is 6.54 Å². The Kier molecular flexibility index (Phi) is 7.55. The summed E-state index contributed by atoms with van der Waals surface area (Å²) in [6.07, 6.45) is 3.38. The minimum Gasteiger partial charge on any atom is -0.491 e. The summed E-state index contributed by atoms with van der Waals surface area (Å²) in [5, 5.41) is 0.462. The number of carbonyl (C=O) groups excluding carboxylic acids is 1. The largest absolute Gasteiger partial charge is 0.491 e. The average Bonchev–Trinajstić information content (AvgIpc) is 2.73. The minimum absolute atomic E-state index is 0.0219. The second-order valence-corrected chi connectivity index (χ2v) is 7.45. The zero-order valence-corrected chi connectivity index (χ0v) is 17.7. The standard InChI is InChI=1S/C23H27ClN2O3/c1-3-29-21-16-19(15-20(24)23(21)28-2)9-10-22(27)26-13-11-25(12-14-26)17-18-7-5-4-6-8-18/h4-10,15-16H,3,11-14,17H2,1-2H3/p+1/b10-9+. The monoisotopic (exact) mass is 415 g/mol. The third-order valence-electron chi connectivity index (χ3n) is 5.03. The number of quaternary nitrogens is 1. The van der Waals surface area contributed by atoms with Crippen LogP contribution < -0.4 is 14.4 Å². The normalized spacial score (nSPS) is 14.9. The molecule has 1 amide bonds. The molecule has 1 heterocycles. The summed E-state index contributed by atoms with van der Waals surface area (Å²) in [7, 11) is 1.56. The Bertz CT molecular complexity index is 847. The number of rotatable bonds is 7. The summed E-state index contributed by atoms with van der Waals surface area (Å²) in [5.74, 6) is 1.11. The predicted octanol–water partition coefficient (Wildman–Crippen LogP) is 2.69. The highest BCUT2D eigenvalue weighted by molar-refractivity contribution is 6.32. The molecular formula is C23H28ClN2O3+. The maximum absolute atomic E-state index is 12.6. The Morgan fingerprint density at radius 2 is 1.93 bits per heavy atom. The lowest BCUT2D eigenvalue weighted by Gasteiger charge is -2.31. The number of ether oxygens (including phenoxy) is 2. The minimum atomic E-state index is 0.0219. The quantitative estimate of drug-likeness (QED) is 0.707. The summed E-state index contributed by atoms with van der Waals surface area (Å²) >= 11 is 6.28. The van der Waals surface area contributed by atoms with Crippen molar-refractivity contribution in [1.82, 2.24) is 4.90 Å². The summed E-state index contributed by atoms with van der Waals surface area (Å²) in [6, 6.07) is 14.1. The van der Waals surface area contributed by atoms with E-state index in [4.69, 9.17) is 21.1 Å². The van der Waals surface area contributed by atoms with Gasteiger partial charge >= 0.3 is 0 Å². The third-order valence-corrected chi connectivity index (χ3v) is 5.31. The number of methoxy groups -OCH3 is 1. The molecule has 0 atom stereocenters. The van der Waals surface area contributed by atoms with Crippen LogP contribution in [0.25, 0.3) is 6.08 Å². The lowest BCUT2D eigenvalue weighted by Crippen LogP contribution is -3.13. The van der Waals surface area contributed by atoms with Crippen molar-refractivity contribution in [1.29, 1.82) is 0 Å². The van der Waals surface area contributed by atoms with E-state index in [0.717, 1.165) is 38.3 Å². The molecule has 2 aromatic rings. The summed E-state index contributed by atoms with van der Waals surface area (Å²) in [4.78, 5) is 16.0. The number of hydrogen-bond donors (Lipinski definition) is 1. The van der Waals surface area contributed by atoms with Gasteiger partial charge in [-0.3, -0.25) is 4.79 Å². The van der Waals surface area contributed by atoms with E-state index in [1.165, 1.54) is 10.5 Å². The van der Waals surface area contributed by atoms with Crippen LogP contribution >= 0.6 is 11.6 Å². The molecule has 1 aliphatic heterocycles. The van der Waals surface area contributed by atoms with E-state index >= 15 is 0 Å². The molecule has 0 bridgehead atoms. The van der Waals surface area contributed by atoms with E-state index in [-0.39, 0.29) is 5.91 Å². The van der Waals surface area contributed by atoms with E-state index in [1.54, 1.807) is 25.3 Å². The van der Waals surface area contributed by atoms with E-state index in [1.807, 2.05) is 24.0 Å². The number of halogens is 1. The van der Waals surface area contributed by atoms with Crippen LogP contribution in [0, 0.1) is 0 Å². The van der Waals surface area contributed by atoms with Gasteiger partial charge in [-0.05, 0) is 30.7 Å². The van der Waals surface area contributed by atoms with Crippen LogP contribution in [0.3, 0.4) is 0 Å². The summed E-state index contributed by atoms with van der Waals surface area (Å²) in [6.45, 7) is 6.85. The van der Waals surface area contributed by atoms with Crippen LogP contribution in [0.5, 0.6) is 11.5 Å². The summed E-state index contributed by atoms with van der Waals surface area (Å²) < 4.78 is 10.9. The number of nitrogens with one attached hydrogen (secondary N) is 1. The van der Waals surface area contributed by atoms with E-state index < -0.39 is 0 Å². The van der Waals surface area contributed by atoms with Crippen LogP contribution in [0.15, 0.2) is 48.5 Å². The molecule has 0 saturated carbocycles. The maximum atomic E-state index is 12.6. The van der Waals surface area contributed by atoms with Gasteiger partial charge in [-0.1, -0.05) is 41.9 Å². The number of amides is 1. The van der Waals surface area contributed by atoms with Crippen LogP contribution in [0.1, 0.15) is 18.1 Å². The van der Waals surface area contributed by atoms with Crippen LogP contribution in [0.2, 0.25) is 5.02 Å². The molecule has 154 valence electrons. The first-order valence-electron chi connectivity index (χ1n) is 9.95. The van der Waals surface area contributed by atoms with Gasteiger partial charge in [0.15, 0.2) is 11.5 Å². The topological polar surface area (TPSA) is 43.2 Å². The number of benzene rings is 2.